The van der Waals surface area contributed by atoms with Crippen molar-refractivity contribution in [3.05, 3.63) is 0 Å². The molecule has 1 rings (SSSR count). The molecule has 1 amide bonds. The second-order valence-electron chi connectivity index (χ2n) is 4.66. The van der Waals surface area contributed by atoms with Crippen LogP contribution in [0.4, 0.5) is 17.6 Å². The van der Waals surface area contributed by atoms with Crippen LogP contribution in [0.25, 0.3) is 0 Å². The Bertz CT molecular complexity index is 270. The molecular weight excluding hydrogens is 238 g/mol. The second kappa shape index (κ2) is 5.69. The fourth-order valence-electron chi connectivity index (χ4n) is 2.14. The molecule has 0 aromatic rings. The maximum absolute atomic E-state index is 12.6. The van der Waals surface area contributed by atoms with Crippen LogP contribution in [0.5, 0.6) is 0 Å². The highest BCUT2D eigenvalue weighted by Gasteiger charge is 2.48. The molecule has 2 atom stereocenters. The number of rotatable bonds is 4. The monoisotopic (exact) mass is 255 g/mol. The summed E-state index contributed by atoms with van der Waals surface area (Å²) in [7, 11) is 0. The molecule has 0 aliphatic heterocycles. The maximum Gasteiger partial charge on any atom is 0.383 e. The average molecular weight is 255 g/mol. The van der Waals surface area contributed by atoms with Gasteiger partial charge in [0.25, 0.3) is 5.91 Å². The van der Waals surface area contributed by atoms with Crippen molar-refractivity contribution in [3.63, 3.8) is 0 Å². The lowest BCUT2D eigenvalue weighted by Crippen LogP contribution is -2.47. The van der Waals surface area contributed by atoms with E-state index in [2.05, 4.69) is 0 Å². The van der Waals surface area contributed by atoms with Crippen LogP contribution in [0.1, 0.15) is 32.6 Å². The lowest BCUT2D eigenvalue weighted by atomic mass is 9.80. The molecule has 0 spiro atoms. The lowest BCUT2D eigenvalue weighted by molar-refractivity contribution is -0.169. The van der Waals surface area contributed by atoms with E-state index in [4.69, 9.17) is 0 Å². The van der Waals surface area contributed by atoms with Crippen molar-refractivity contribution in [2.45, 2.75) is 45.0 Å². The highest BCUT2D eigenvalue weighted by molar-refractivity contribution is 5.83. The lowest BCUT2D eigenvalue weighted by Gasteiger charge is -2.29. The molecular formula is C11H17F4NO. The number of alkyl halides is 4. The number of carbonyl (C=O) groups excluding carboxylic acids is 1. The molecule has 1 saturated carbocycles. The van der Waals surface area contributed by atoms with Crippen LogP contribution in [0.15, 0.2) is 0 Å². The van der Waals surface area contributed by atoms with Gasteiger partial charge in [-0.25, -0.2) is 8.78 Å². The molecule has 0 aromatic carbocycles. The minimum atomic E-state index is -4.59. The second-order valence-corrected chi connectivity index (χ2v) is 4.66. The summed E-state index contributed by atoms with van der Waals surface area (Å²) < 4.78 is 49.0. The van der Waals surface area contributed by atoms with Crippen molar-refractivity contribution >= 4 is 5.91 Å². The van der Waals surface area contributed by atoms with Crippen LogP contribution in [0, 0.1) is 11.8 Å². The van der Waals surface area contributed by atoms with Gasteiger partial charge in [0.2, 0.25) is 0 Å². The molecule has 2 nitrogen and oxygen atoms in total. The predicted octanol–water partition coefficient (Wildman–Crippen LogP) is 2.83. The van der Waals surface area contributed by atoms with Crippen molar-refractivity contribution in [1.29, 1.82) is 0 Å². The standard InChI is InChI=1S/C11H17F4NO/c1-7-4-2-3-5-8(7)6-16-10(17)11(14,15)9(12)13/h7-9H,2-6H2,1H3,(H,16,17). The van der Waals surface area contributed by atoms with E-state index in [1.54, 1.807) is 0 Å². The van der Waals surface area contributed by atoms with Gasteiger partial charge >= 0.3 is 12.3 Å². The minimum Gasteiger partial charge on any atom is -0.350 e. The van der Waals surface area contributed by atoms with Crippen molar-refractivity contribution in [1.82, 2.24) is 5.32 Å². The molecule has 0 bridgehead atoms. The molecule has 0 radical (unpaired) electrons. The van der Waals surface area contributed by atoms with Crippen LogP contribution < -0.4 is 5.32 Å². The summed E-state index contributed by atoms with van der Waals surface area (Å²) in [6.45, 7) is 2.05. The van der Waals surface area contributed by atoms with Gasteiger partial charge in [-0.2, -0.15) is 8.78 Å². The Kier molecular flexibility index (Phi) is 4.77. The normalized spacial score (nSPS) is 26.0. The quantitative estimate of drug-likeness (QED) is 0.769. The summed E-state index contributed by atoms with van der Waals surface area (Å²) in [5.41, 5.74) is 0. The largest absolute Gasteiger partial charge is 0.383 e. The first kappa shape index (κ1) is 14.3. The molecule has 17 heavy (non-hydrogen) atoms. The Labute approximate surface area is 97.8 Å². The van der Waals surface area contributed by atoms with Crippen molar-refractivity contribution in [3.8, 4) is 0 Å². The Morgan fingerprint density at radius 3 is 2.47 bits per heavy atom. The fourth-order valence-corrected chi connectivity index (χ4v) is 2.14. The number of halogens is 4. The Hall–Kier alpha value is -0.810. The molecule has 1 aliphatic rings. The zero-order chi connectivity index (χ0) is 13.1. The summed E-state index contributed by atoms with van der Waals surface area (Å²) >= 11 is 0. The van der Waals surface area contributed by atoms with E-state index in [0.29, 0.717) is 5.92 Å². The maximum atomic E-state index is 12.6. The van der Waals surface area contributed by atoms with E-state index in [9.17, 15) is 22.4 Å². The topological polar surface area (TPSA) is 29.1 Å². The SMILES string of the molecule is CC1CCCCC1CNC(=O)C(F)(F)C(F)F. The van der Waals surface area contributed by atoms with Gasteiger partial charge in [0.1, 0.15) is 0 Å². The van der Waals surface area contributed by atoms with E-state index in [0.717, 1.165) is 25.7 Å². The average Bonchev–Trinajstić information content (AvgIpc) is 2.27. The highest BCUT2D eigenvalue weighted by atomic mass is 19.3. The van der Waals surface area contributed by atoms with Crippen molar-refractivity contribution in [2.75, 3.05) is 6.54 Å². The number of hydrogen-bond acceptors (Lipinski definition) is 1. The molecule has 100 valence electrons. The summed E-state index contributed by atoms with van der Waals surface area (Å²) in [5.74, 6) is -6.01. The van der Waals surface area contributed by atoms with Gasteiger partial charge in [-0.3, -0.25) is 4.79 Å². The van der Waals surface area contributed by atoms with Crippen LogP contribution in [-0.2, 0) is 4.79 Å². The fraction of sp³-hybridized carbons (Fsp3) is 0.909. The molecule has 1 N–H and O–H groups in total. The van der Waals surface area contributed by atoms with Crippen molar-refractivity contribution < 1.29 is 22.4 Å². The van der Waals surface area contributed by atoms with Gasteiger partial charge < -0.3 is 5.32 Å². The number of nitrogens with one attached hydrogen (secondary N) is 1. The summed E-state index contributed by atoms with van der Waals surface area (Å²) in [6, 6.07) is 0. The first-order valence-corrected chi connectivity index (χ1v) is 5.80. The third-order valence-electron chi connectivity index (χ3n) is 3.39. The molecule has 2 unspecified atom stereocenters. The van der Waals surface area contributed by atoms with E-state index in [1.165, 1.54) is 0 Å². The molecule has 1 fully saturated rings. The summed E-state index contributed by atoms with van der Waals surface area (Å²) in [5, 5.41) is 1.94. The van der Waals surface area contributed by atoms with E-state index < -0.39 is 18.3 Å². The number of amides is 1. The van der Waals surface area contributed by atoms with Crippen LogP contribution in [-0.4, -0.2) is 24.8 Å². The zero-order valence-corrected chi connectivity index (χ0v) is 9.69. The number of carbonyl (C=O) groups is 1. The zero-order valence-electron chi connectivity index (χ0n) is 9.69. The molecule has 0 heterocycles. The van der Waals surface area contributed by atoms with Gasteiger partial charge in [-0.15, -0.1) is 0 Å². The van der Waals surface area contributed by atoms with Gasteiger partial charge in [0, 0.05) is 6.54 Å². The Balaban J connectivity index is 2.42. The smallest absolute Gasteiger partial charge is 0.350 e. The first-order valence-electron chi connectivity index (χ1n) is 5.80. The van der Waals surface area contributed by atoms with Crippen molar-refractivity contribution in [2.24, 2.45) is 11.8 Å². The van der Waals surface area contributed by atoms with E-state index in [-0.39, 0.29) is 12.5 Å². The molecule has 0 aromatic heterocycles. The Morgan fingerprint density at radius 2 is 1.94 bits per heavy atom. The van der Waals surface area contributed by atoms with Gasteiger partial charge in [0.15, 0.2) is 0 Å². The Morgan fingerprint density at radius 1 is 1.35 bits per heavy atom. The van der Waals surface area contributed by atoms with E-state index in [1.807, 2.05) is 12.2 Å². The third-order valence-corrected chi connectivity index (χ3v) is 3.39. The van der Waals surface area contributed by atoms with Gasteiger partial charge in [0.05, 0.1) is 0 Å². The van der Waals surface area contributed by atoms with Gasteiger partial charge in [-0.05, 0) is 18.3 Å². The molecule has 0 saturated heterocycles. The van der Waals surface area contributed by atoms with Crippen LogP contribution in [0.2, 0.25) is 0 Å². The predicted molar refractivity (Wildman–Crippen MR) is 55.1 cm³/mol. The number of hydrogen-bond donors (Lipinski definition) is 1. The molecule has 6 heteroatoms. The summed E-state index contributed by atoms with van der Waals surface area (Å²) in [6.07, 6.45) is -0.0196. The van der Waals surface area contributed by atoms with Crippen LogP contribution in [0.3, 0.4) is 0 Å². The van der Waals surface area contributed by atoms with Gasteiger partial charge in [-0.1, -0.05) is 26.2 Å². The summed E-state index contributed by atoms with van der Waals surface area (Å²) in [4.78, 5) is 10.9. The molecule has 1 aliphatic carbocycles. The minimum absolute atomic E-state index is 0.0578. The first-order chi connectivity index (χ1) is 7.85. The van der Waals surface area contributed by atoms with Crippen LogP contribution >= 0.6 is 0 Å². The highest BCUT2D eigenvalue weighted by Crippen LogP contribution is 2.29. The third kappa shape index (κ3) is 3.57. The van der Waals surface area contributed by atoms with E-state index >= 15 is 0 Å².